The summed E-state index contributed by atoms with van der Waals surface area (Å²) in [5, 5.41) is 9.39. The topological polar surface area (TPSA) is 70.5 Å². The number of alkyl halides is 1. The first-order chi connectivity index (χ1) is 10.1. The van der Waals surface area contributed by atoms with Crippen molar-refractivity contribution < 1.29 is 14.7 Å². The first-order valence-corrected chi connectivity index (χ1v) is 8.53. The first kappa shape index (κ1) is 17.2. The Morgan fingerprint density at radius 1 is 1.41 bits per heavy atom. The quantitative estimate of drug-likeness (QED) is 0.595. The number of aromatic nitrogens is 1. The summed E-state index contributed by atoms with van der Waals surface area (Å²) in [6.07, 6.45) is 2.10. The van der Waals surface area contributed by atoms with Crippen molar-refractivity contribution in [1.29, 1.82) is 0 Å². The number of carboxylic acid groups (broad SMARTS) is 1. The lowest BCUT2D eigenvalue weighted by atomic mass is 9.90. The van der Waals surface area contributed by atoms with Crippen LogP contribution in [0.3, 0.4) is 0 Å². The SMILES string of the molecule is C[C@@H]1[C@H](I)C[C@H](C(=O)O)N1C(=O)c1ccnc(C(C)(C)C)c1. The summed E-state index contributed by atoms with van der Waals surface area (Å²) in [4.78, 5) is 30.1. The number of hydrogen-bond acceptors (Lipinski definition) is 3. The Bertz CT molecular complexity index is 597. The molecule has 2 heterocycles. The molecule has 6 heteroatoms. The first-order valence-electron chi connectivity index (χ1n) is 7.29. The number of nitrogens with zero attached hydrogens (tertiary/aromatic N) is 2. The summed E-state index contributed by atoms with van der Waals surface area (Å²) in [6, 6.07) is 2.58. The number of likely N-dealkylation sites (tertiary alicyclic amines) is 1. The third-order valence-corrected chi connectivity index (χ3v) is 5.59. The Morgan fingerprint density at radius 2 is 2.05 bits per heavy atom. The molecule has 5 nitrogen and oxygen atoms in total. The Hall–Kier alpha value is -1.18. The Labute approximate surface area is 144 Å². The van der Waals surface area contributed by atoms with Crippen molar-refractivity contribution in [2.75, 3.05) is 0 Å². The molecule has 0 bridgehead atoms. The van der Waals surface area contributed by atoms with Crippen LogP contribution in [0.2, 0.25) is 0 Å². The Morgan fingerprint density at radius 3 is 2.59 bits per heavy atom. The van der Waals surface area contributed by atoms with Gasteiger partial charge in [0, 0.05) is 32.8 Å². The van der Waals surface area contributed by atoms with Crippen LogP contribution in [-0.2, 0) is 10.2 Å². The number of aliphatic carboxylic acids is 1. The number of halogens is 1. The zero-order valence-electron chi connectivity index (χ0n) is 13.2. The van der Waals surface area contributed by atoms with E-state index in [9.17, 15) is 14.7 Å². The number of carboxylic acids is 1. The highest BCUT2D eigenvalue weighted by molar-refractivity contribution is 14.1. The van der Waals surface area contributed by atoms with Crippen LogP contribution in [0, 0.1) is 0 Å². The van der Waals surface area contributed by atoms with E-state index in [1.54, 1.807) is 18.3 Å². The maximum Gasteiger partial charge on any atom is 0.326 e. The fourth-order valence-electron chi connectivity index (χ4n) is 2.65. The molecule has 22 heavy (non-hydrogen) atoms. The smallest absolute Gasteiger partial charge is 0.326 e. The van der Waals surface area contributed by atoms with Gasteiger partial charge in [-0.25, -0.2) is 4.79 Å². The molecule has 1 fully saturated rings. The largest absolute Gasteiger partial charge is 0.480 e. The van der Waals surface area contributed by atoms with E-state index in [0.29, 0.717) is 12.0 Å². The predicted molar refractivity (Wildman–Crippen MR) is 92.4 cm³/mol. The van der Waals surface area contributed by atoms with E-state index >= 15 is 0 Å². The monoisotopic (exact) mass is 416 g/mol. The summed E-state index contributed by atoms with van der Waals surface area (Å²) in [5.41, 5.74) is 1.16. The van der Waals surface area contributed by atoms with Crippen molar-refractivity contribution in [3.05, 3.63) is 29.6 Å². The van der Waals surface area contributed by atoms with Crippen molar-refractivity contribution >= 4 is 34.5 Å². The van der Waals surface area contributed by atoms with Crippen molar-refractivity contribution in [2.45, 2.75) is 55.5 Å². The molecule has 1 aromatic rings. The van der Waals surface area contributed by atoms with Gasteiger partial charge in [-0.05, 0) is 25.5 Å². The van der Waals surface area contributed by atoms with Gasteiger partial charge in [-0.2, -0.15) is 0 Å². The Balaban J connectivity index is 2.36. The molecule has 1 saturated heterocycles. The molecule has 1 aliphatic rings. The number of rotatable bonds is 2. The van der Waals surface area contributed by atoms with E-state index in [0.717, 1.165) is 5.69 Å². The lowest BCUT2D eigenvalue weighted by Crippen LogP contribution is -2.44. The molecule has 2 rings (SSSR count). The van der Waals surface area contributed by atoms with Gasteiger partial charge in [0.15, 0.2) is 0 Å². The van der Waals surface area contributed by atoms with Gasteiger partial charge in [-0.15, -0.1) is 0 Å². The molecule has 1 N–H and O–H groups in total. The summed E-state index contributed by atoms with van der Waals surface area (Å²) >= 11 is 2.22. The molecule has 1 aromatic heterocycles. The molecule has 0 aromatic carbocycles. The fraction of sp³-hybridized carbons (Fsp3) is 0.562. The zero-order valence-corrected chi connectivity index (χ0v) is 15.4. The number of carbonyl (C=O) groups is 2. The molecule has 0 saturated carbocycles. The molecule has 0 radical (unpaired) electrons. The summed E-state index contributed by atoms with van der Waals surface area (Å²) in [5.74, 6) is -1.17. The average Bonchev–Trinajstić information content (AvgIpc) is 2.74. The normalized spacial score (nSPS) is 25.3. The summed E-state index contributed by atoms with van der Waals surface area (Å²) in [7, 11) is 0. The minimum Gasteiger partial charge on any atom is -0.480 e. The van der Waals surface area contributed by atoms with Crippen LogP contribution >= 0.6 is 22.6 Å². The van der Waals surface area contributed by atoms with E-state index in [1.807, 2.05) is 27.7 Å². The maximum absolute atomic E-state index is 12.8. The zero-order chi connectivity index (χ0) is 16.7. The third-order valence-electron chi connectivity index (χ3n) is 4.04. The lowest BCUT2D eigenvalue weighted by molar-refractivity contribution is -0.141. The van der Waals surface area contributed by atoms with Gasteiger partial charge in [0.05, 0.1) is 0 Å². The minimum atomic E-state index is -0.940. The maximum atomic E-state index is 12.8. The third kappa shape index (κ3) is 3.26. The second-order valence-electron chi connectivity index (χ2n) is 6.74. The predicted octanol–water partition coefficient (Wildman–Crippen LogP) is 2.87. The van der Waals surface area contributed by atoms with Crippen molar-refractivity contribution in [3.8, 4) is 0 Å². The molecule has 0 spiro atoms. The van der Waals surface area contributed by atoms with Gasteiger partial charge in [-0.3, -0.25) is 9.78 Å². The minimum absolute atomic E-state index is 0.0968. The van der Waals surface area contributed by atoms with E-state index in [2.05, 4.69) is 27.6 Å². The van der Waals surface area contributed by atoms with Crippen molar-refractivity contribution in [3.63, 3.8) is 0 Å². The number of carbonyl (C=O) groups excluding carboxylic acids is 1. The van der Waals surface area contributed by atoms with Crippen molar-refractivity contribution in [2.24, 2.45) is 0 Å². The molecular formula is C16H21IN2O3. The van der Waals surface area contributed by atoms with Crippen LogP contribution in [0.15, 0.2) is 18.3 Å². The molecule has 1 amide bonds. The second-order valence-corrected chi connectivity index (χ2v) is 8.34. The van der Waals surface area contributed by atoms with Gasteiger partial charge >= 0.3 is 5.97 Å². The van der Waals surface area contributed by atoms with Crippen molar-refractivity contribution in [1.82, 2.24) is 9.88 Å². The molecule has 120 valence electrons. The van der Waals surface area contributed by atoms with Crippen LogP contribution in [0.25, 0.3) is 0 Å². The van der Waals surface area contributed by atoms with E-state index in [-0.39, 0.29) is 21.3 Å². The molecule has 0 unspecified atom stereocenters. The number of pyridine rings is 1. The molecule has 1 aliphatic heterocycles. The van der Waals surface area contributed by atoms with E-state index in [4.69, 9.17) is 0 Å². The van der Waals surface area contributed by atoms with Gasteiger partial charge in [0.1, 0.15) is 6.04 Å². The van der Waals surface area contributed by atoms with Crippen LogP contribution in [0.5, 0.6) is 0 Å². The van der Waals surface area contributed by atoms with E-state index in [1.165, 1.54) is 4.90 Å². The second kappa shape index (κ2) is 6.14. The molecular weight excluding hydrogens is 395 g/mol. The molecule has 0 aliphatic carbocycles. The van der Waals surface area contributed by atoms with Crippen LogP contribution < -0.4 is 0 Å². The highest BCUT2D eigenvalue weighted by Crippen LogP contribution is 2.32. The fourth-order valence-corrected chi connectivity index (χ4v) is 3.48. The standard InChI is InChI=1S/C16H21IN2O3/c1-9-11(17)8-12(15(21)22)19(9)14(20)10-5-6-18-13(7-10)16(2,3)4/h5-7,9,11-12H,8H2,1-4H3,(H,21,22)/t9-,11-,12-/m1/s1. The average molecular weight is 416 g/mol. The highest BCUT2D eigenvalue weighted by atomic mass is 127. The van der Waals surface area contributed by atoms with Gasteiger partial charge < -0.3 is 10.0 Å². The molecule has 3 atom stereocenters. The summed E-state index contributed by atoms with van der Waals surface area (Å²) < 4.78 is 0.145. The summed E-state index contributed by atoms with van der Waals surface area (Å²) in [6.45, 7) is 8.00. The van der Waals surface area contributed by atoms with E-state index < -0.39 is 12.0 Å². The Kier molecular flexibility index (Phi) is 4.79. The van der Waals surface area contributed by atoms with Gasteiger partial charge in [0.25, 0.3) is 5.91 Å². The van der Waals surface area contributed by atoms with Crippen LogP contribution in [-0.4, -0.2) is 42.9 Å². The van der Waals surface area contributed by atoms with Crippen LogP contribution in [0.1, 0.15) is 50.2 Å². The number of hydrogen-bond donors (Lipinski definition) is 1. The van der Waals surface area contributed by atoms with Crippen LogP contribution in [0.4, 0.5) is 0 Å². The van der Waals surface area contributed by atoms with Gasteiger partial charge in [-0.1, -0.05) is 43.4 Å². The van der Waals surface area contributed by atoms with Gasteiger partial charge in [0.2, 0.25) is 0 Å². The number of amides is 1. The highest BCUT2D eigenvalue weighted by Gasteiger charge is 2.44. The lowest BCUT2D eigenvalue weighted by Gasteiger charge is -2.27.